The highest BCUT2D eigenvalue weighted by Gasteiger charge is 1.93. The Labute approximate surface area is 64.0 Å². The number of rotatable bonds is 4. The van der Waals surface area contributed by atoms with Crippen molar-refractivity contribution >= 4 is 11.8 Å². The van der Waals surface area contributed by atoms with Gasteiger partial charge in [-0.15, -0.1) is 0 Å². The molecule has 0 aromatic carbocycles. The maximum atomic E-state index is 5.31. The lowest BCUT2D eigenvalue weighted by Gasteiger charge is -1.92. The first-order valence-electron chi connectivity index (χ1n) is 3.09. The summed E-state index contributed by atoms with van der Waals surface area (Å²) in [7, 11) is 0. The SMILES string of the molecule is NCCSCc1cnoc1. The Kier molecular flexibility index (Phi) is 3.32. The van der Waals surface area contributed by atoms with Crippen molar-refractivity contribution in [3.63, 3.8) is 0 Å². The van der Waals surface area contributed by atoms with E-state index in [-0.39, 0.29) is 0 Å². The second-order valence-corrected chi connectivity index (χ2v) is 2.98. The molecule has 56 valence electrons. The van der Waals surface area contributed by atoms with Gasteiger partial charge in [-0.1, -0.05) is 5.16 Å². The van der Waals surface area contributed by atoms with Crippen LogP contribution < -0.4 is 5.73 Å². The molecule has 0 atom stereocenters. The minimum absolute atomic E-state index is 0.732. The molecule has 4 heteroatoms. The van der Waals surface area contributed by atoms with Crippen LogP contribution >= 0.6 is 11.8 Å². The van der Waals surface area contributed by atoms with E-state index in [2.05, 4.69) is 9.68 Å². The fourth-order valence-corrected chi connectivity index (χ4v) is 1.26. The van der Waals surface area contributed by atoms with Crippen LogP contribution in [0, 0.1) is 0 Å². The molecule has 0 bridgehead atoms. The highest BCUT2D eigenvalue weighted by Crippen LogP contribution is 2.09. The van der Waals surface area contributed by atoms with Gasteiger partial charge >= 0.3 is 0 Å². The van der Waals surface area contributed by atoms with Gasteiger partial charge in [-0.2, -0.15) is 11.8 Å². The highest BCUT2D eigenvalue weighted by molar-refractivity contribution is 7.98. The van der Waals surface area contributed by atoms with Crippen LogP contribution in [0.1, 0.15) is 5.56 Å². The third-order valence-corrected chi connectivity index (χ3v) is 2.08. The van der Waals surface area contributed by atoms with Crippen LogP contribution in [0.15, 0.2) is 17.0 Å². The average Bonchev–Trinajstić information content (AvgIpc) is 2.41. The number of hydrogen-bond acceptors (Lipinski definition) is 4. The number of nitrogens with zero attached hydrogens (tertiary/aromatic N) is 1. The average molecular weight is 158 g/mol. The standard InChI is InChI=1S/C6H10N2OS/c7-1-2-10-5-6-3-8-9-4-6/h3-4H,1-2,5,7H2. The molecule has 0 saturated carbocycles. The van der Waals surface area contributed by atoms with Crippen molar-refractivity contribution in [3.8, 4) is 0 Å². The van der Waals surface area contributed by atoms with E-state index in [9.17, 15) is 0 Å². The predicted molar refractivity (Wildman–Crippen MR) is 41.7 cm³/mol. The van der Waals surface area contributed by atoms with Gasteiger partial charge in [0.2, 0.25) is 0 Å². The molecule has 1 aromatic heterocycles. The maximum Gasteiger partial charge on any atom is 0.127 e. The summed E-state index contributed by atoms with van der Waals surface area (Å²) in [6.07, 6.45) is 3.38. The van der Waals surface area contributed by atoms with E-state index < -0.39 is 0 Å². The molecular formula is C6H10N2OS. The molecule has 1 rings (SSSR count). The molecule has 0 aliphatic heterocycles. The van der Waals surface area contributed by atoms with Crippen molar-refractivity contribution in [2.45, 2.75) is 5.75 Å². The van der Waals surface area contributed by atoms with Crippen molar-refractivity contribution in [1.29, 1.82) is 0 Å². The Morgan fingerprint density at radius 3 is 3.20 bits per heavy atom. The topological polar surface area (TPSA) is 52.0 Å². The summed E-state index contributed by atoms with van der Waals surface area (Å²) in [6, 6.07) is 0. The smallest absolute Gasteiger partial charge is 0.127 e. The first-order chi connectivity index (χ1) is 4.93. The van der Waals surface area contributed by atoms with Crippen LogP contribution in [0.5, 0.6) is 0 Å². The number of thioether (sulfide) groups is 1. The van der Waals surface area contributed by atoms with E-state index in [1.165, 1.54) is 0 Å². The van der Waals surface area contributed by atoms with Gasteiger partial charge in [0, 0.05) is 23.6 Å². The molecule has 0 amide bonds. The van der Waals surface area contributed by atoms with Crippen LogP contribution in [0.4, 0.5) is 0 Å². The molecule has 2 N–H and O–H groups in total. The molecule has 1 heterocycles. The summed E-state index contributed by atoms with van der Waals surface area (Å²) in [5.74, 6) is 1.94. The Balaban J connectivity index is 2.15. The third kappa shape index (κ3) is 2.41. The molecule has 0 spiro atoms. The minimum atomic E-state index is 0.732. The molecule has 0 saturated heterocycles. The lowest BCUT2D eigenvalue weighted by Crippen LogP contribution is -2.01. The number of nitrogens with two attached hydrogens (primary N) is 1. The second-order valence-electron chi connectivity index (χ2n) is 1.87. The Hall–Kier alpha value is -0.480. The first kappa shape index (κ1) is 7.63. The van der Waals surface area contributed by atoms with Crippen molar-refractivity contribution in [3.05, 3.63) is 18.0 Å². The Morgan fingerprint density at radius 1 is 1.70 bits per heavy atom. The summed E-state index contributed by atoms with van der Waals surface area (Å²) in [6.45, 7) is 0.732. The van der Waals surface area contributed by atoms with E-state index in [0.717, 1.165) is 23.6 Å². The van der Waals surface area contributed by atoms with Crippen LogP contribution in [-0.4, -0.2) is 17.5 Å². The van der Waals surface area contributed by atoms with Crippen LogP contribution in [0.2, 0.25) is 0 Å². The number of hydrogen-bond donors (Lipinski definition) is 1. The van der Waals surface area contributed by atoms with Crippen molar-refractivity contribution in [2.75, 3.05) is 12.3 Å². The molecule has 0 aliphatic carbocycles. The van der Waals surface area contributed by atoms with Gasteiger partial charge in [0.25, 0.3) is 0 Å². The third-order valence-electron chi connectivity index (χ3n) is 1.01. The molecule has 0 fully saturated rings. The maximum absolute atomic E-state index is 5.31. The van der Waals surface area contributed by atoms with E-state index in [1.54, 1.807) is 24.2 Å². The van der Waals surface area contributed by atoms with Gasteiger partial charge < -0.3 is 10.3 Å². The van der Waals surface area contributed by atoms with Crippen LogP contribution in [-0.2, 0) is 5.75 Å². The summed E-state index contributed by atoms with van der Waals surface area (Å²) >= 11 is 1.79. The molecule has 0 aliphatic rings. The molecule has 3 nitrogen and oxygen atoms in total. The fraction of sp³-hybridized carbons (Fsp3) is 0.500. The van der Waals surface area contributed by atoms with Crippen LogP contribution in [0.3, 0.4) is 0 Å². The van der Waals surface area contributed by atoms with Gasteiger partial charge in [0.05, 0.1) is 6.20 Å². The predicted octanol–water partition coefficient (Wildman–Crippen LogP) is 0.867. The van der Waals surface area contributed by atoms with Crippen molar-refractivity contribution < 1.29 is 4.52 Å². The van der Waals surface area contributed by atoms with Crippen LogP contribution in [0.25, 0.3) is 0 Å². The van der Waals surface area contributed by atoms with E-state index in [1.807, 2.05) is 0 Å². The highest BCUT2D eigenvalue weighted by atomic mass is 32.2. The van der Waals surface area contributed by atoms with Gasteiger partial charge in [0.1, 0.15) is 6.26 Å². The van der Waals surface area contributed by atoms with E-state index in [0.29, 0.717) is 0 Å². The Bertz CT molecular complexity index is 164. The number of aromatic nitrogens is 1. The van der Waals surface area contributed by atoms with E-state index >= 15 is 0 Å². The van der Waals surface area contributed by atoms with E-state index in [4.69, 9.17) is 5.73 Å². The van der Waals surface area contributed by atoms with Gasteiger partial charge in [-0.3, -0.25) is 0 Å². The quantitative estimate of drug-likeness (QED) is 0.660. The second kappa shape index (κ2) is 4.35. The molecule has 10 heavy (non-hydrogen) atoms. The fourth-order valence-electron chi connectivity index (χ4n) is 0.571. The first-order valence-corrected chi connectivity index (χ1v) is 4.25. The van der Waals surface area contributed by atoms with Crippen molar-refractivity contribution in [2.24, 2.45) is 5.73 Å². The lowest BCUT2D eigenvalue weighted by atomic mass is 10.4. The largest absolute Gasteiger partial charge is 0.364 e. The monoisotopic (exact) mass is 158 g/mol. The molecule has 1 aromatic rings. The molecular weight excluding hydrogens is 148 g/mol. The lowest BCUT2D eigenvalue weighted by molar-refractivity contribution is 0.419. The van der Waals surface area contributed by atoms with Gasteiger partial charge in [-0.05, 0) is 0 Å². The summed E-state index contributed by atoms with van der Waals surface area (Å²) in [5.41, 5.74) is 6.43. The van der Waals surface area contributed by atoms with Crippen molar-refractivity contribution in [1.82, 2.24) is 5.16 Å². The zero-order chi connectivity index (χ0) is 7.23. The minimum Gasteiger partial charge on any atom is -0.364 e. The Morgan fingerprint density at radius 2 is 2.60 bits per heavy atom. The van der Waals surface area contributed by atoms with Gasteiger partial charge in [-0.25, -0.2) is 0 Å². The normalized spacial score (nSPS) is 10.1. The zero-order valence-corrected chi connectivity index (χ0v) is 6.43. The van der Waals surface area contributed by atoms with Gasteiger partial charge in [0.15, 0.2) is 0 Å². The summed E-state index contributed by atoms with van der Waals surface area (Å²) in [5, 5.41) is 3.58. The summed E-state index contributed by atoms with van der Waals surface area (Å²) in [4.78, 5) is 0. The summed E-state index contributed by atoms with van der Waals surface area (Å²) < 4.78 is 4.65. The zero-order valence-electron chi connectivity index (χ0n) is 5.62. The molecule has 0 radical (unpaired) electrons. The molecule has 0 unspecified atom stereocenters.